The van der Waals surface area contributed by atoms with E-state index in [1.54, 1.807) is 12.5 Å². The standard InChI is InChI=1S/C4H5ClN2/c1-4-2-7(5)3-6-4/h2-3H,1H3. The first kappa shape index (κ1) is 4.65. The van der Waals surface area contributed by atoms with Crippen molar-refractivity contribution < 1.29 is 0 Å². The number of rotatable bonds is 0. The summed E-state index contributed by atoms with van der Waals surface area (Å²) >= 11 is 5.41. The molecule has 38 valence electrons. The van der Waals surface area contributed by atoms with E-state index in [0.29, 0.717) is 0 Å². The van der Waals surface area contributed by atoms with Gasteiger partial charge in [0.2, 0.25) is 0 Å². The predicted molar refractivity (Wildman–Crippen MR) is 28.2 cm³/mol. The number of imidazole rings is 1. The second-order valence-electron chi connectivity index (χ2n) is 1.36. The first-order valence-electron chi connectivity index (χ1n) is 1.96. The van der Waals surface area contributed by atoms with Crippen molar-refractivity contribution in [1.82, 2.24) is 9.07 Å². The third-order valence-corrected chi connectivity index (χ3v) is 0.867. The average molecular weight is 117 g/mol. The molecule has 0 radical (unpaired) electrons. The van der Waals surface area contributed by atoms with E-state index in [-0.39, 0.29) is 0 Å². The fraction of sp³-hybridized carbons (Fsp3) is 0.250. The van der Waals surface area contributed by atoms with Gasteiger partial charge in [0.05, 0.1) is 5.69 Å². The van der Waals surface area contributed by atoms with Crippen LogP contribution in [0.15, 0.2) is 12.5 Å². The molecule has 0 amide bonds. The highest BCUT2D eigenvalue weighted by molar-refractivity contribution is 6.15. The van der Waals surface area contributed by atoms with Gasteiger partial charge in [0.15, 0.2) is 0 Å². The van der Waals surface area contributed by atoms with Crippen molar-refractivity contribution in [1.29, 1.82) is 0 Å². The summed E-state index contributed by atoms with van der Waals surface area (Å²) in [4.78, 5) is 3.85. The van der Waals surface area contributed by atoms with Crippen LogP contribution < -0.4 is 0 Å². The third kappa shape index (κ3) is 0.933. The lowest BCUT2D eigenvalue weighted by Gasteiger charge is -1.73. The van der Waals surface area contributed by atoms with Crippen molar-refractivity contribution in [2.24, 2.45) is 0 Å². The van der Waals surface area contributed by atoms with E-state index in [1.165, 1.54) is 4.09 Å². The van der Waals surface area contributed by atoms with Gasteiger partial charge in [-0.3, -0.25) is 0 Å². The Morgan fingerprint density at radius 3 is 2.71 bits per heavy atom. The average Bonchev–Trinajstić information content (AvgIpc) is 1.87. The highest BCUT2D eigenvalue weighted by atomic mass is 35.5. The molecule has 0 saturated heterocycles. The number of aryl methyl sites for hydroxylation is 1. The van der Waals surface area contributed by atoms with Crippen LogP contribution in [0, 0.1) is 6.92 Å². The molecule has 3 heteroatoms. The van der Waals surface area contributed by atoms with Crippen LogP contribution in [-0.4, -0.2) is 9.07 Å². The van der Waals surface area contributed by atoms with Crippen molar-refractivity contribution in [2.75, 3.05) is 0 Å². The highest BCUT2D eigenvalue weighted by Crippen LogP contribution is 1.92. The summed E-state index contributed by atoms with van der Waals surface area (Å²) in [6.45, 7) is 1.89. The Morgan fingerprint density at radius 2 is 2.57 bits per heavy atom. The fourth-order valence-electron chi connectivity index (χ4n) is 0.391. The Bertz CT molecular complexity index is 142. The molecule has 1 aromatic heterocycles. The molecule has 0 aromatic carbocycles. The van der Waals surface area contributed by atoms with Gasteiger partial charge in [-0.15, -0.1) is 0 Å². The topological polar surface area (TPSA) is 17.8 Å². The summed E-state index contributed by atoms with van der Waals surface area (Å²) in [6, 6.07) is 0. The Morgan fingerprint density at radius 1 is 1.86 bits per heavy atom. The smallest absolute Gasteiger partial charge is 0.110 e. The van der Waals surface area contributed by atoms with Gasteiger partial charge in [-0.05, 0) is 6.92 Å². The van der Waals surface area contributed by atoms with Crippen molar-refractivity contribution in [3.05, 3.63) is 18.2 Å². The van der Waals surface area contributed by atoms with E-state index < -0.39 is 0 Å². The zero-order valence-corrected chi connectivity index (χ0v) is 4.68. The molecule has 7 heavy (non-hydrogen) atoms. The third-order valence-electron chi connectivity index (χ3n) is 0.682. The SMILES string of the molecule is Cc1cn(Cl)cn1. The van der Waals surface area contributed by atoms with Crippen LogP contribution >= 0.6 is 11.8 Å². The van der Waals surface area contributed by atoms with Crippen LogP contribution in [0.25, 0.3) is 0 Å². The number of hydrogen-bond acceptors (Lipinski definition) is 1. The van der Waals surface area contributed by atoms with E-state index in [2.05, 4.69) is 4.98 Å². The van der Waals surface area contributed by atoms with Crippen LogP contribution in [0.4, 0.5) is 0 Å². The summed E-state index contributed by atoms with van der Waals surface area (Å²) in [7, 11) is 0. The molecule has 0 aliphatic carbocycles. The first-order valence-corrected chi connectivity index (χ1v) is 2.29. The van der Waals surface area contributed by atoms with Crippen LogP contribution in [0.2, 0.25) is 0 Å². The van der Waals surface area contributed by atoms with Gasteiger partial charge in [-0.25, -0.2) is 9.07 Å². The monoisotopic (exact) mass is 116 g/mol. The van der Waals surface area contributed by atoms with E-state index in [9.17, 15) is 0 Å². The normalized spacial score (nSPS) is 9.43. The Hall–Kier alpha value is -0.500. The summed E-state index contributed by atoms with van der Waals surface area (Å²) in [5, 5.41) is 0. The fourth-order valence-corrected chi connectivity index (χ4v) is 0.576. The van der Waals surface area contributed by atoms with Gasteiger partial charge in [0.25, 0.3) is 0 Å². The van der Waals surface area contributed by atoms with Crippen molar-refractivity contribution in [3.63, 3.8) is 0 Å². The maximum Gasteiger partial charge on any atom is 0.110 e. The lowest BCUT2D eigenvalue weighted by molar-refractivity contribution is 1.21. The number of hydrogen-bond donors (Lipinski definition) is 0. The molecule has 1 rings (SSSR count). The van der Waals surface area contributed by atoms with E-state index in [1.807, 2.05) is 6.92 Å². The lowest BCUT2D eigenvalue weighted by Crippen LogP contribution is -1.65. The molecule has 0 spiro atoms. The van der Waals surface area contributed by atoms with Crippen LogP contribution in [0.1, 0.15) is 5.69 Å². The van der Waals surface area contributed by atoms with Crippen molar-refractivity contribution in [3.8, 4) is 0 Å². The molecule has 0 aliphatic rings. The second-order valence-corrected chi connectivity index (χ2v) is 1.75. The maximum atomic E-state index is 5.41. The summed E-state index contributed by atoms with van der Waals surface area (Å²) in [6.07, 6.45) is 3.29. The molecule has 0 bridgehead atoms. The maximum absolute atomic E-state index is 5.41. The molecule has 0 aliphatic heterocycles. The molecule has 2 nitrogen and oxygen atoms in total. The van der Waals surface area contributed by atoms with Gasteiger partial charge in [0.1, 0.15) is 6.33 Å². The summed E-state index contributed by atoms with van der Waals surface area (Å²) in [5.74, 6) is 0. The molecule has 0 fully saturated rings. The second kappa shape index (κ2) is 1.54. The Labute approximate surface area is 46.9 Å². The van der Waals surface area contributed by atoms with E-state index >= 15 is 0 Å². The molecular formula is C4H5ClN2. The number of nitrogens with zero attached hydrogens (tertiary/aromatic N) is 2. The Balaban J connectivity index is 3.04. The molecule has 0 N–H and O–H groups in total. The largest absolute Gasteiger partial charge is 0.248 e. The molecule has 0 atom stereocenters. The van der Waals surface area contributed by atoms with Crippen molar-refractivity contribution in [2.45, 2.75) is 6.92 Å². The molecule has 0 unspecified atom stereocenters. The van der Waals surface area contributed by atoms with Crippen LogP contribution in [-0.2, 0) is 0 Å². The first-order chi connectivity index (χ1) is 3.29. The minimum Gasteiger partial charge on any atom is -0.248 e. The molecule has 1 heterocycles. The zero-order valence-electron chi connectivity index (χ0n) is 3.93. The lowest BCUT2D eigenvalue weighted by atomic mass is 10.6. The van der Waals surface area contributed by atoms with Gasteiger partial charge in [-0.2, -0.15) is 0 Å². The van der Waals surface area contributed by atoms with Gasteiger partial charge in [0, 0.05) is 18.0 Å². The molecule has 0 saturated carbocycles. The van der Waals surface area contributed by atoms with Gasteiger partial charge < -0.3 is 0 Å². The van der Waals surface area contributed by atoms with Crippen molar-refractivity contribution >= 4 is 11.8 Å². The Kier molecular flexibility index (Phi) is 1.02. The van der Waals surface area contributed by atoms with E-state index in [0.717, 1.165) is 5.69 Å². The van der Waals surface area contributed by atoms with Gasteiger partial charge >= 0.3 is 0 Å². The molecule has 1 aromatic rings. The number of aromatic nitrogens is 2. The number of halogens is 1. The summed E-state index contributed by atoms with van der Waals surface area (Å²) in [5.41, 5.74) is 0.940. The minimum absolute atomic E-state index is 0.940. The van der Waals surface area contributed by atoms with Crippen LogP contribution in [0.5, 0.6) is 0 Å². The van der Waals surface area contributed by atoms with Crippen LogP contribution in [0.3, 0.4) is 0 Å². The summed E-state index contributed by atoms with van der Waals surface area (Å²) < 4.78 is 1.40. The van der Waals surface area contributed by atoms with E-state index in [4.69, 9.17) is 11.8 Å². The highest BCUT2D eigenvalue weighted by Gasteiger charge is 1.83. The predicted octanol–water partition coefficient (Wildman–Crippen LogP) is 1.19. The quantitative estimate of drug-likeness (QED) is 0.498. The van der Waals surface area contributed by atoms with Gasteiger partial charge in [-0.1, -0.05) is 0 Å². The zero-order chi connectivity index (χ0) is 5.28. The minimum atomic E-state index is 0.940. The molecular weight excluding hydrogens is 112 g/mol.